The van der Waals surface area contributed by atoms with Gasteiger partial charge in [0.1, 0.15) is 0 Å². The van der Waals surface area contributed by atoms with Crippen molar-refractivity contribution in [1.82, 2.24) is 5.32 Å². The summed E-state index contributed by atoms with van der Waals surface area (Å²) in [5.74, 6) is 0.891. The lowest BCUT2D eigenvalue weighted by molar-refractivity contribution is 0.360. The maximum absolute atomic E-state index is 5.99. The highest BCUT2D eigenvalue weighted by atomic mass is 35.5. The van der Waals surface area contributed by atoms with E-state index in [0.29, 0.717) is 6.04 Å². The van der Waals surface area contributed by atoms with E-state index in [1.54, 1.807) is 0 Å². The summed E-state index contributed by atoms with van der Waals surface area (Å²) in [4.78, 5) is 0. The van der Waals surface area contributed by atoms with Gasteiger partial charge in [-0.05, 0) is 36.6 Å². The fourth-order valence-electron chi connectivity index (χ4n) is 3.21. The normalized spacial score (nSPS) is 19.1. The average molecular weight is 280 g/mol. The third-order valence-corrected chi connectivity index (χ3v) is 4.52. The van der Waals surface area contributed by atoms with Crippen LogP contribution in [0.4, 0.5) is 0 Å². The van der Waals surface area contributed by atoms with Gasteiger partial charge in [-0.25, -0.2) is 0 Å². The van der Waals surface area contributed by atoms with Crippen LogP contribution in [-0.2, 0) is 0 Å². The standard InChI is InChI=1S/C17H26ClN/c1-2-19-17(15-9-11-16(18)12-10-15)13-14-7-5-3-4-6-8-14/h9-12,14,17,19H,2-8,13H2,1H3. The molecule has 1 N–H and O–H groups in total. The lowest BCUT2D eigenvalue weighted by Gasteiger charge is -2.24. The Morgan fingerprint density at radius 3 is 2.32 bits per heavy atom. The minimum atomic E-state index is 0.491. The average Bonchev–Trinajstić information content (AvgIpc) is 2.68. The summed E-state index contributed by atoms with van der Waals surface area (Å²) in [5.41, 5.74) is 1.38. The Balaban J connectivity index is 2.00. The second-order valence-electron chi connectivity index (χ2n) is 5.76. The van der Waals surface area contributed by atoms with E-state index < -0.39 is 0 Å². The van der Waals surface area contributed by atoms with Crippen LogP contribution in [0.2, 0.25) is 5.02 Å². The van der Waals surface area contributed by atoms with Crippen molar-refractivity contribution in [3.8, 4) is 0 Å². The van der Waals surface area contributed by atoms with Crippen LogP contribution in [0, 0.1) is 5.92 Å². The Hall–Kier alpha value is -0.530. The molecular formula is C17H26ClN. The summed E-state index contributed by atoms with van der Waals surface area (Å²) in [7, 11) is 0. The van der Waals surface area contributed by atoms with Gasteiger partial charge in [-0.15, -0.1) is 0 Å². The van der Waals surface area contributed by atoms with Crippen molar-refractivity contribution in [2.45, 2.75) is 57.9 Å². The van der Waals surface area contributed by atoms with Crippen molar-refractivity contribution in [3.05, 3.63) is 34.9 Å². The van der Waals surface area contributed by atoms with Gasteiger partial charge < -0.3 is 5.32 Å². The number of halogens is 1. The molecule has 0 heterocycles. The molecule has 2 heteroatoms. The van der Waals surface area contributed by atoms with E-state index in [4.69, 9.17) is 11.6 Å². The van der Waals surface area contributed by atoms with Crippen LogP contribution in [-0.4, -0.2) is 6.54 Å². The zero-order valence-electron chi connectivity index (χ0n) is 12.0. The molecule has 1 unspecified atom stereocenters. The first-order valence-corrected chi connectivity index (χ1v) is 8.16. The molecule has 0 aromatic heterocycles. The first kappa shape index (κ1) is 14.9. The molecular weight excluding hydrogens is 254 g/mol. The zero-order valence-corrected chi connectivity index (χ0v) is 12.8. The van der Waals surface area contributed by atoms with Crippen LogP contribution in [0.5, 0.6) is 0 Å². The van der Waals surface area contributed by atoms with Gasteiger partial charge in [0.15, 0.2) is 0 Å². The molecule has 0 bridgehead atoms. The van der Waals surface area contributed by atoms with Gasteiger partial charge in [-0.3, -0.25) is 0 Å². The van der Waals surface area contributed by atoms with Crippen molar-refractivity contribution in [2.75, 3.05) is 6.54 Å². The third-order valence-electron chi connectivity index (χ3n) is 4.27. The molecule has 0 spiro atoms. The Labute approximate surface area is 122 Å². The van der Waals surface area contributed by atoms with Crippen LogP contribution in [0.15, 0.2) is 24.3 Å². The minimum Gasteiger partial charge on any atom is -0.310 e. The molecule has 19 heavy (non-hydrogen) atoms. The van der Waals surface area contributed by atoms with Gasteiger partial charge in [0.2, 0.25) is 0 Å². The van der Waals surface area contributed by atoms with Gasteiger partial charge in [0.25, 0.3) is 0 Å². The molecule has 106 valence electrons. The predicted molar refractivity (Wildman–Crippen MR) is 83.7 cm³/mol. The quantitative estimate of drug-likeness (QED) is 0.716. The summed E-state index contributed by atoms with van der Waals surface area (Å²) < 4.78 is 0. The van der Waals surface area contributed by atoms with E-state index in [0.717, 1.165) is 17.5 Å². The maximum atomic E-state index is 5.99. The summed E-state index contributed by atoms with van der Waals surface area (Å²) in [6.45, 7) is 3.22. The van der Waals surface area contributed by atoms with E-state index >= 15 is 0 Å². The molecule has 0 amide bonds. The maximum Gasteiger partial charge on any atom is 0.0406 e. The van der Waals surface area contributed by atoms with Gasteiger partial charge in [-0.1, -0.05) is 69.2 Å². The predicted octanol–water partition coefficient (Wildman–Crippen LogP) is 5.35. The number of hydrogen-bond acceptors (Lipinski definition) is 1. The molecule has 1 nitrogen and oxygen atoms in total. The molecule has 0 radical (unpaired) electrons. The summed E-state index contributed by atoms with van der Waals surface area (Å²) in [6, 6.07) is 8.85. The molecule has 1 atom stereocenters. The Kier molecular flexibility index (Phi) is 6.19. The molecule has 0 aliphatic heterocycles. The van der Waals surface area contributed by atoms with E-state index in [9.17, 15) is 0 Å². The van der Waals surface area contributed by atoms with Crippen molar-refractivity contribution in [2.24, 2.45) is 5.92 Å². The highest BCUT2D eigenvalue weighted by Gasteiger charge is 2.18. The molecule has 1 saturated carbocycles. The Morgan fingerprint density at radius 1 is 1.11 bits per heavy atom. The molecule has 1 aliphatic rings. The van der Waals surface area contributed by atoms with E-state index in [1.807, 2.05) is 12.1 Å². The van der Waals surface area contributed by atoms with Crippen molar-refractivity contribution < 1.29 is 0 Å². The van der Waals surface area contributed by atoms with Crippen molar-refractivity contribution in [3.63, 3.8) is 0 Å². The van der Waals surface area contributed by atoms with Gasteiger partial charge in [0, 0.05) is 11.1 Å². The third kappa shape index (κ3) is 4.81. The van der Waals surface area contributed by atoms with E-state index in [2.05, 4.69) is 24.4 Å². The smallest absolute Gasteiger partial charge is 0.0406 e. The second-order valence-corrected chi connectivity index (χ2v) is 6.19. The second kappa shape index (κ2) is 7.91. The number of rotatable bonds is 5. The zero-order chi connectivity index (χ0) is 13.5. The van der Waals surface area contributed by atoms with Crippen molar-refractivity contribution >= 4 is 11.6 Å². The van der Waals surface area contributed by atoms with Gasteiger partial charge in [0.05, 0.1) is 0 Å². The van der Waals surface area contributed by atoms with Crippen LogP contribution in [0.1, 0.15) is 63.5 Å². The first-order valence-electron chi connectivity index (χ1n) is 7.78. The van der Waals surface area contributed by atoms with Crippen molar-refractivity contribution in [1.29, 1.82) is 0 Å². The summed E-state index contributed by atoms with van der Waals surface area (Å²) in [5, 5.41) is 4.47. The SMILES string of the molecule is CCNC(CC1CCCCCC1)c1ccc(Cl)cc1. The lowest BCUT2D eigenvalue weighted by atomic mass is 9.89. The van der Waals surface area contributed by atoms with Crippen LogP contribution >= 0.6 is 11.6 Å². The first-order chi connectivity index (χ1) is 9.29. The molecule has 1 aliphatic carbocycles. The highest BCUT2D eigenvalue weighted by Crippen LogP contribution is 2.31. The highest BCUT2D eigenvalue weighted by molar-refractivity contribution is 6.30. The number of benzene rings is 1. The molecule has 1 aromatic carbocycles. The van der Waals surface area contributed by atoms with Crippen LogP contribution in [0.3, 0.4) is 0 Å². The fraction of sp³-hybridized carbons (Fsp3) is 0.647. The largest absolute Gasteiger partial charge is 0.310 e. The van der Waals surface area contributed by atoms with E-state index in [1.165, 1.54) is 50.5 Å². The Morgan fingerprint density at radius 2 is 1.74 bits per heavy atom. The number of hydrogen-bond donors (Lipinski definition) is 1. The summed E-state index contributed by atoms with van der Waals surface area (Å²) >= 11 is 5.99. The molecule has 0 saturated heterocycles. The van der Waals surface area contributed by atoms with E-state index in [-0.39, 0.29) is 0 Å². The Bertz CT molecular complexity index is 352. The number of nitrogens with one attached hydrogen (secondary N) is 1. The van der Waals surface area contributed by atoms with Gasteiger partial charge >= 0.3 is 0 Å². The molecule has 1 aromatic rings. The molecule has 1 fully saturated rings. The fourth-order valence-corrected chi connectivity index (χ4v) is 3.34. The monoisotopic (exact) mass is 279 g/mol. The summed E-state index contributed by atoms with van der Waals surface area (Å²) in [6.07, 6.45) is 9.81. The van der Waals surface area contributed by atoms with Crippen LogP contribution in [0.25, 0.3) is 0 Å². The minimum absolute atomic E-state index is 0.491. The van der Waals surface area contributed by atoms with Gasteiger partial charge in [-0.2, -0.15) is 0 Å². The molecule has 2 rings (SSSR count). The van der Waals surface area contributed by atoms with Crippen LogP contribution < -0.4 is 5.32 Å². The topological polar surface area (TPSA) is 12.0 Å². The lowest BCUT2D eigenvalue weighted by Crippen LogP contribution is -2.23.